The van der Waals surface area contributed by atoms with E-state index < -0.39 is 4.92 Å². The molecule has 0 radical (unpaired) electrons. The minimum atomic E-state index is -0.521. The maximum absolute atomic E-state index is 12.5. The molecule has 0 aliphatic heterocycles. The van der Waals surface area contributed by atoms with Crippen LogP contribution in [0.4, 0.5) is 5.69 Å². The number of non-ortho nitro benzene ring substituents is 1. The molecule has 0 unspecified atom stereocenters. The van der Waals surface area contributed by atoms with Crippen LogP contribution in [0.1, 0.15) is 27.3 Å². The second kappa shape index (κ2) is 10.0. The number of ketones is 1. The van der Waals surface area contributed by atoms with Crippen molar-refractivity contribution in [3.05, 3.63) is 87.7 Å². The number of Topliss-reactive ketones (excluding diaryl/α,β-unsaturated/α-hetero) is 1. The molecule has 0 atom stereocenters. The van der Waals surface area contributed by atoms with Gasteiger partial charge in [-0.3, -0.25) is 19.5 Å². The number of thioether (sulfide) groups is 1. The van der Waals surface area contributed by atoms with Crippen LogP contribution in [0.2, 0.25) is 0 Å². The van der Waals surface area contributed by atoms with Crippen LogP contribution in [0.25, 0.3) is 0 Å². The molecule has 0 fully saturated rings. The Kier molecular flexibility index (Phi) is 7.19. The molecule has 0 aliphatic carbocycles. The molecular weight excluding hydrogens is 416 g/mol. The predicted octanol–water partition coefficient (Wildman–Crippen LogP) is 4.54. The van der Waals surface area contributed by atoms with Gasteiger partial charge in [-0.2, -0.15) is 0 Å². The Morgan fingerprint density at radius 1 is 1.26 bits per heavy atom. The van der Waals surface area contributed by atoms with Crippen molar-refractivity contribution in [2.24, 2.45) is 0 Å². The van der Waals surface area contributed by atoms with Gasteiger partial charge in [-0.05, 0) is 31.0 Å². The summed E-state index contributed by atoms with van der Waals surface area (Å²) in [5.41, 5.74) is 2.30. The molecule has 1 aromatic heterocycles. The van der Waals surface area contributed by atoms with Gasteiger partial charge < -0.3 is 4.74 Å². The highest BCUT2D eigenvalue weighted by Crippen LogP contribution is 2.23. The molecule has 3 aromatic rings. The van der Waals surface area contributed by atoms with Crippen molar-refractivity contribution >= 4 is 23.2 Å². The maximum Gasteiger partial charge on any atom is 0.270 e. The Labute approximate surface area is 184 Å². The minimum absolute atomic E-state index is 0.0777. The number of aryl methyl sites for hydroxylation is 2. The van der Waals surface area contributed by atoms with Gasteiger partial charge in [0.1, 0.15) is 12.4 Å². The van der Waals surface area contributed by atoms with Gasteiger partial charge in [-0.15, -0.1) is 16.8 Å². The number of aromatic nitrogens is 3. The maximum atomic E-state index is 12.5. The van der Waals surface area contributed by atoms with E-state index in [2.05, 4.69) is 16.8 Å². The molecule has 0 aliphatic rings. The van der Waals surface area contributed by atoms with Crippen molar-refractivity contribution < 1.29 is 14.5 Å². The lowest BCUT2D eigenvalue weighted by Gasteiger charge is -2.11. The second-order valence-corrected chi connectivity index (χ2v) is 7.82. The zero-order valence-corrected chi connectivity index (χ0v) is 18.1. The fourth-order valence-electron chi connectivity index (χ4n) is 2.86. The summed E-state index contributed by atoms with van der Waals surface area (Å²) in [6.07, 6.45) is 1.72. The topological polar surface area (TPSA) is 100 Å². The van der Waals surface area contributed by atoms with E-state index in [-0.39, 0.29) is 29.4 Å². The number of nitro groups is 1. The summed E-state index contributed by atoms with van der Waals surface area (Å²) in [4.78, 5) is 22.9. The summed E-state index contributed by atoms with van der Waals surface area (Å²) in [6.45, 7) is 8.44. The van der Waals surface area contributed by atoms with Crippen molar-refractivity contribution in [2.45, 2.75) is 32.2 Å². The summed E-state index contributed by atoms with van der Waals surface area (Å²) in [5.74, 6) is 1.25. The summed E-state index contributed by atoms with van der Waals surface area (Å²) in [6, 6.07) is 11.7. The highest BCUT2D eigenvalue weighted by Gasteiger charge is 2.16. The number of nitro benzene ring substituents is 1. The zero-order chi connectivity index (χ0) is 22.4. The molecule has 0 bridgehead atoms. The van der Waals surface area contributed by atoms with Gasteiger partial charge in [0, 0.05) is 24.2 Å². The Bertz CT molecular complexity index is 1130. The number of hydrogen-bond acceptors (Lipinski definition) is 7. The van der Waals surface area contributed by atoms with E-state index in [1.807, 2.05) is 36.6 Å². The Balaban J connectivity index is 1.70. The Hall–Kier alpha value is -3.46. The lowest BCUT2D eigenvalue weighted by atomic mass is 10.1. The van der Waals surface area contributed by atoms with E-state index in [0.29, 0.717) is 17.5 Å². The van der Waals surface area contributed by atoms with Crippen molar-refractivity contribution in [3.8, 4) is 5.75 Å². The molecule has 0 amide bonds. The average molecular weight is 439 g/mol. The molecule has 2 aromatic carbocycles. The zero-order valence-electron chi connectivity index (χ0n) is 17.3. The number of rotatable bonds is 10. The number of carbonyl (C=O) groups is 1. The van der Waals surface area contributed by atoms with Crippen LogP contribution in [-0.2, 0) is 13.2 Å². The number of allylic oxidation sites excluding steroid dienone is 1. The Morgan fingerprint density at radius 3 is 2.81 bits per heavy atom. The molecular formula is C22H22N4O4S. The third-order valence-electron chi connectivity index (χ3n) is 4.52. The van der Waals surface area contributed by atoms with Crippen LogP contribution in [0, 0.1) is 24.0 Å². The van der Waals surface area contributed by atoms with E-state index in [4.69, 9.17) is 4.74 Å². The summed E-state index contributed by atoms with van der Waals surface area (Å²) < 4.78 is 7.77. The molecule has 31 heavy (non-hydrogen) atoms. The minimum Gasteiger partial charge on any atom is -0.485 e. The smallest absolute Gasteiger partial charge is 0.270 e. The number of hydrogen-bond donors (Lipinski definition) is 0. The molecule has 0 N–H and O–H groups in total. The van der Waals surface area contributed by atoms with E-state index >= 15 is 0 Å². The van der Waals surface area contributed by atoms with E-state index in [1.165, 1.54) is 30.0 Å². The van der Waals surface area contributed by atoms with E-state index in [9.17, 15) is 14.9 Å². The molecule has 0 saturated heterocycles. The largest absolute Gasteiger partial charge is 0.485 e. The fourth-order valence-corrected chi connectivity index (χ4v) is 3.72. The van der Waals surface area contributed by atoms with E-state index in [0.717, 1.165) is 16.9 Å². The van der Waals surface area contributed by atoms with Crippen molar-refractivity contribution in [2.75, 3.05) is 5.75 Å². The number of carbonyl (C=O) groups excluding carboxylic acids is 1. The van der Waals surface area contributed by atoms with Crippen molar-refractivity contribution in [3.63, 3.8) is 0 Å². The number of nitrogens with zero attached hydrogens (tertiary/aromatic N) is 4. The SMILES string of the molecule is C=CCn1c(COc2cc(C)ccc2C)nnc1SCC(=O)c1cccc([N+](=O)[O-])c1. The van der Waals surface area contributed by atoms with Gasteiger partial charge in [0.2, 0.25) is 0 Å². The van der Waals surface area contributed by atoms with Crippen molar-refractivity contribution in [1.82, 2.24) is 14.8 Å². The average Bonchev–Trinajstić information content (AvgIpc) is 3.14. The first-order valence-electron chi connectivity index (χ1n) is 9.52. The Morgan fingerprint density at radius 2 is 2.06 bits per heavy atom. The third kappa shape index (κ3) is 5.58. The standard InChI is InChI=1S/C22H22N4O4S/c1-4-10-25-21(13-30-20-11-15(2)8-9-16(20)3)23-24-22(25)31-14-19(27)17-6-5-7-18(12-17)26(28)29/h4-9,11-12H,1,10,13-14H2,2-3H3. The van der Waals surface area contributed by atoms with Crippen LogP contribution in [0.5, 0.6) is 5.75 Å². The molecule has 0 spiro atoms. The van der Waals surface area contributed by atoms with Crippen LogP contribution in [-0.4, -0.2) is 31.2 Å². The molecule has 160 valence electrons. The van der Waals surface area contributed by atoms with Crippen LogP contribution >= 0.6 is 11.8 Å². The van der Waals surface area contributed by atoms with Gasteiger partial charge in [0.15, 0.2) is 16.8 Å². The highest BCUT2D eigenvalue weighted by atomic mass is 32.2. The summed E-state index contributed by atoms with van der Waals surface area (Å²) in [7, 11) is 0. The quantitative estimate of drug-likeness (QED) is 0.151. The number of benzene rings is 2. The van der Waals surface area contributed by atoms with Crippen LogP contribution in [0.15, 0.2) is 60.3 Å². The molecule has 9 heteroatoms. The van der Waals surface area contributed by atoms with Gasteiger partial charge in [0.25, 0.3) is 5.69 Å². The summed E-state index contributed by atoms with van der Waals surface area (Å²) >= 11 is 1.22. The summed E-state index contributed by atoms with van der Waals surface area (Å²) in [5, 5.41) is 19.9. The lowest BCUT2D eigenvalue weighted by molar-refractivity contribution is -0.384. The third-order valence-corrected chi connectivity index (χ3v) is 5.48. The lowest BCUT2D eigenvalue weighted by Crippen LogP contribution is -2.09. The van der Waals surface area contributed by atoms with Crippen molar-refractivity contribution in [1.29, 1.82) is 0 Å². The fraction of sp³-hybridized carbons (Fsp3) is 0.227. The first kappa shape index (κ1) is 22.2. The second-order valence-electron chi connectivity index (χ2n) is 6.87. The van der Waals surface area contributed by atoms with Gasteiger partial charge in [-0.25, -0.2) is 0 Å². The van der Waals surface area contributed by atoms with Gasteiger partial charge >= 0.3 is 0 Å². The molecule has 8 nitrogen and oxygen atoms in total. The first-order chi connectivity index (χ1) is 14.9. The monoisotopic (exact) mass is 438 g/mol. The van der Waals surface area contributed by atoms with E-state index in [1.54, 1.807) is 12.1 Å². The predicted molar refractivity (Wildman–Crippen MR) is 119 cm³/mol. The van der Waals surface area contributed by atoms with Crippen LogP contribution in [0.3, 0.4) is 0 Å². The van der Waals surface area contributed by atoms with Gasteiger partial charge in [-0.1, -0.05) is 42.1 Å². The molecule has 1 heterocycles. The van der Waals surface area contributed by atoms with Crippen LogP contribution < -0.4 is 4.74 Å². The van der Waals surface area contributed by atoms with Gasteiger partial charge in [0.05, 0.1) is 10.7 Å². The first-order valence-corrected chi connectivity index (χ1v) is 10.5. The normalized spacial score (nSPS) is 10.6. The highest BCUT2D eigenvalue weighted by molar-refractivity contribution is 7.99. The molecule has 3 rings (SSSR count). The number of ether oxygens (including phenoxy) is 1. The molecule has 0 saturated carbocycles.